The van der Waals surface area contributed by atoms with Gasteiger partial charge in [-0.1, -0.05) is 12.1 Å². The number of aliphatic hydroxyl groups excluding tert-OH is 1. The van der Waals surface area contributed by atoms with Crippen LogP contribution in [0.3, 0.4) is 0 Å². The maximum Gasteiger partial charge on any atom is 0.221 e. The molecule has 0 unspecified atom stereocenters. The van der Waals surface area contributed by atoms with Crippen molar-refractivity contribution >= 4 is 28.1 Å². The first-order valence-corrected chi connectivity index (χ1v) is 8.63. The SMILES string of the molecule is NC(=O)[C@H]1C[C@H](O)C[C@H]1c1csc(-c2cccc3[nH]ccc23)c1. The summed E-state index contributed by atoms with van der Waals surface area (Å²) in [6, 6.07) is 10.4. The van der Waals surface area contributed by atoms with Gasteiger partial charge in [-0.25, -0.2) is 0 Å². The van der Waals surface area contributed by atoms with Gasteiger partial charge in [0.05, 0.1) is 6.10 Å². The first kappa shape index (κ1) is 14.5. The number of primary amides is 1. The second kappa shape index (κ2) is 5.51. The highest BCUT2D eigenvalue weighted by molar-refractivity contribution is 7.13. The van der Waals surface area contributed by atoms with Crippen molar-refractivity contribution < 1.29 is 9.90 Å². The van der Waals surface area contributed by atoms with Gasteiger partial charge in [-0.2, -0.15) is 0 Å². The fourth-order valence-electron chi connectivity index (χ4n) is 3.68. The van der Waals surface area contributed by atoms with Crippen LogP contribution in [0.5, 0.6) is 0 Å². The first-order chi connectivity index (χ1) is 11.1. The normalized spacial score (nSPS) is 24.3. The first-order valence-electron chi connectivity index (χ1n) is 7.76. The van der Waals surface area contributed by atoms with E-state index in [2.05, 4.69) is 34.6 Å². The van der Waals surface area contributed by atoms with E-state index in [1.165, 1.54) is 15.8 Å². The molecule has 1 aromatic carbocycles. The van der Waals surface area contributed by atoms with Gasteiger partial charge in [0, 0.05) is 33.5 Å². The molecule has 1 aliphatic rings. The molecule has 1 fully saturated rings. The molecule has 1 amide bonds. The van der Waals surface area contributed by atoms with Gasteiger partial charge >= 0.3 is 0 Å². The van der Waals surface area contributed by atoms with Crippen molar-refractivity contribution in [3.8, 4) is 10.4 Å². The van der Waals surface area contributed by atoms with Gasteiger partial charge in [-0.05, 0) is 47.9 Å². The Labute approximate surface area is 137 Å². The Hall–Kier alpha value is -2.11. The highest BCUT2D eigenvalue weighted by Gasteiger charge is 2.38. The van der Waals surface area contributed by atoms with Crippen LogP contribution >= 0.6 is 11.3 Å². The standard InChI is InChI=1S/C18H18N2O2S/c19-18(22)15-8-11(21)7-14(15)10-6-17(23-9-10)13-2-1-3-16-12(13)4-5-20-16/h1-6,9,11,14-15,20-21H,7-8H2,(H2,19,22)/t11-,14+,15+/m1/s1. The van der Waals surface area contributed by atoms with Crippen LogP contribution in [0.2, 0.25) is 0 Å². The smallest absolute Gasteiger partial charge is 0.221 e. The third-order valence-electron chi connectivity index (χ3n) is 4.81. The predicted molar refractivity (Wildman–Crippen MR) is 92.3 cm³/mol. The average molecular weight is 326 g/mol. The molecule has 1 saturated carbocycles. The molecule has 2 heterocycles. The zero-order valence-corrected chi connectivity index (χ0v) is 13.3. The lowest BCUT2D eigenvalue weighted by Gasteiger charge is -2.14. The lowest BCUT2D eigenvalue weighted by molar-refractivity contribution is -0.122. The van der Waals surface area contributed by atoms with Crippen molar-refractivity contribution in [2.24, 2.45) is 11.7 Å². The molecule has 3 atom stereocenters. The molecule has 2 aromatic heterocycles. The van der Waals surface area contributed by atoms with Gasteiger partial charge in [-0.15, -0.1) is 11.3 Å². The number of H-pyrrole nitrogens is 1. The predicted octanol–water partition coefficient (Wildman–Crippen LogP) is 3.24. The molecule has 4 N–H and O–H groups in total. The molecule has 0 spiro atoms. The third-order valence-corrected chi connectivity index (χ3v) is 5.79. The van der Waals surface area contributed by atoms with Gasteiger partial charge in [0.15, 0.2) is 0 Å². The second-order valence-corrected chi connectivity index (χ2v) is 7.14. The Morgan fingerprint density at radius 3 is 3.00 bits per heavy atom. The van der Waals surface area contributed by atoms with Crippen LogP contribution in [0.15, 0.2) is 41.9 Å². The number of carbonyl (C=O) groups is 1. The van der Waals surface area contributed by atoms with E-state index in [0.717, 1.165) is 11.1 Å². The van der Waals surface area contributed by atoms with Gasteiger partial charge < -0.3 is 15.8 Å². The molecular weight excluding hydrogens is 308 g/mol. The number of carbonyl (C=O) groups excluding carboxylic acids is 1. The van der Waals surface area contributed by atoms with E-state index in [0.29, 0.717) is 12.8 Å². The van der Waals surface area contributed by atoms with E-state index in [1.54, 1.807) is 11.3 Å². The number of aliphatic hydroxyl groups is 1. The van der Waals surface area contributed by atoms with E-state index in [9.17, 15) is 9.90 Å². The summed E-state index contributed by atoms with van der Waals surface area (Å²) < 4.78 is 0. The van der Waals surface area contributed by atoms with Gasteiger partial charge in [0.25, 0.3) is 0 Å². The molecule has 3 aromatic rings. The minimum Gasteiger partial charge on any atom is -0.393 e. The van der Waals surface area contributed by atoms with Crippen LogP contribution in [0.4, 0.5) is 0 Å². The van der Waals surface area contributed by atoms with E-state index in [-0.39, 0.29) is 17.7 Å². The molecule has 0 aliphatic heterocycles. The summed E-state index contributed by atoms with van der Waals surface area (Å²) in [7, 11) is 0. The summed E-state index contributed by atoms with van der Waals surface area (Å²) in [4.78, 5) is 16.1. The summed E-state index contributed by atoms with van der Waals surface area (Å²) in [6.45, 7) is 0. The van der Waals surface area contributed by atoms with E-state index in [4.69, 9.17) is 5.73 Å². The molecule has 4 rings (SSSR count). The van der Waals surface area contributed by atoms with Crippen molar-refractivity contribution in [3.63, 3.8) is 0 Å². The molecular formula is C18H18N2O2S. The summed E-state index contributed by atoms with van der Waals surface area (Å²) in [5.74, 6) is -0.555. The number of rotatable bonds is 3. The van der Waals surface area contributed by atoms with Crippen LogP contribution < -0.4 is 5.73 Å². The Kier molecular flexibility index (Phi) is 3.47. The van der Waals surface area contributed by atoms with Crippen molar-refractivity contribution in [3.05, 3.63) is 47.5 Å². The van der Waals surface area contributed by atoms with Crippen molar-refractivity contribution in [1.29, 1.82) is 0 Å². The Morgan fingerprint density at radius 1 is 1.30 bits per heavy atom. The minimum absolute atomic E-state index is 0.0259. The highest BCUT2D eigenvalue weighted by Crippen LogP contribution is 2.43. The number of thiophene rings is 1. The van der Waals surface area contributed by atoms with Gasteiger partial charge in [0.2, 0.25) is 5.91 Å². The number of amides is 1. The van der Waals surface area contributed by atoms with Crippen molar-refractivity contribution in [2.45, 2.75) is 24.9 Å². The molecule has 0 saturated heterocycles. The largest absolute Gasteiger partial charge is 0.393 e. The quantitative estimate of drug-likeness (QED) is 0.691. The molecule has 118 valence electrons. The summed E-state index contributed by atoms with van der Waals surface area (Å²) >= 11 is 1.68. The fraction of sp³-hybridized carbons (Fsp3) is 0.278. The zero-order chi connectivity index (χ0) is 16.0. The molecule has 4 nitrogen and oxygen atoms in total. The summed E-state index contributed by atoms with van der Waals surface area (Å²) in [5, 5.41) is 13.2. The maximum absolute atomic E-state index is 11.7. The monoisotopic (exact) mass is 326 g/mol. The Balaban J connectivity index is 1.72. The van der Waals surface area contributed by atoms with E-state index in [1.807, 2.05) is 12.3 Å². The average Bonchev–Trinajstić information content (AvgIpc) is 3.24. The molecule has 0 radical (unpaired) electrons. The van der Waals surface area contributed by atoms with Crippen LogP contribution in [0.1, 0.15) is 24.3 Å². The Bertz CT molecular complexity index is 867. The topological polar surface area (TPSA) is 79.1 Å². The number of hydrogen-bond donors (Lipinski definition) is 3. The van der Waals surface area contributed by atoms with Crippen LogP contribution in [-0.4, -0.2) is 22.1 Å². The van der Waals surface area contributed by atoms with Crippen molar-refractivity contribution in [1.82, 2.24) is 4.98 Å². The fourth-order valence-corrected chi connectivity index (χ4v) is 4.70. The van der Waals surface area contributed by atoms with E-state index < -0.39 is 6.10 Å². The lowest BCUT2D eigenvalue weighted by atomic mass is 9.90. The molecule has 0 bridgehead atoms. The second-order valence-electron chi connectivity index (χ2n) is 6.23. The van der Waals surface area contributed by atoms with Gasteiger partial charge in [0.1, 0.15) is 0 Å². The number of nitrogens with two attached hydrogens (primary N) is 1. The molecule has 5 heteroatoms. The summed E-state index contributed by atoms with van der Waals surface area (Å²) in [5.41, 5.74) is 8.93. The number of hydrogen-bond acceptors (Lipinski definition) is 3. The number of aromatic amines is 1. The number of nitrogens with one attached hydrogen (secondary N) is 1. The van der Waals surface area contributed by atoms with Gasteiger partial charge in [-0.3, -0.25) is 4.79 Å². The number of aromatic nitrogens is 1. The van der Waals surface area contributed by atoms with Crippen LogP contribution in [-0.2, 0) is 4.79 Å². The number of benzene rings is 1. The van der Waals surface area contributed by atoms with Crippen LogP contribution in [0, 0.1) is 5.92 Å². The minimum atomic E-state index is -0.436. The van der Waals surface area contributed by atoms with E-state index >= 15 is 0 Å². The lowest BCUT2D eigenvalue weighted by Crippen LogP contribution is -2.25. The molecule has 1 aliphatic carbocycles. The Morgan fingerprint density at radius 2 is 2.17 bits per heavy atom. The van der Waals surface area contributed by atoms with Crippen LogP contribution in [0.25, 0.3) is 21.3 Å². The van der Waals surface area contributed by atoms with Crippen molar-refractivity contribution in [2.75, 3.05) is 0 Å². The molecule has 23 heavy (non-hydrogen) atoms. The number of fused-ring (bicyclic) bond motifs is 1. The summed E-state index contributed by atoms with van der Waals surface area (Å²) in [6.07, 6.45) is 2.59. The zero-order valence-electron chi connectivity index (χ0n) is 12.5. The maximum atomic E-state index is 11.7. The third kappa shape index (κ3) is 2.46. The highest BCUT2D eigenvalue weighted by atomic mass is 32.1.